The van der Waals surface area contributed by atoms with Crippen molar-refractivity contribution in [1.82, 2.24) is 0 Å². The van der Waals surface area contributed by atoms with Crippen molar-refractivity contribution in [2.45, 2.75) is 52.5 Å². The van der Waals surface area contributed by atoms with Crippen LogP contribution in [0.2, 0.25) is 0 Å². The fraction of sp³-hybridized carbons (Fsp3) is 0.429. The minimum atomic E-state index is -0.232. The molecule has 2 aliphatic heterocycles. The minimum Gasteiger partial charge on any atom is -0.495 e. The highest BCUT2D eigenvalue weighted by atomic mass is 16.7. The van der Waals surface area contributed by atoms with E-state index in [-0.39, 0.29) is 19.2 Å². The number of carbonyl (C=O) groups excluding carboxylic acids is 1. The van der Waals surface area contributed by atoms with Crippen LogP contribution < -0.4 is 24.1 Å². The topological polar surface area (TPSA) is 69.9 Å². The SMILES string of the molecule is CCCCCNc1c(OC)ccc2c(CC(=O)OCC)c3[n+](cc12)CCc1cc2c(cc1-3)OCO2. The standard InChI is InChI=1S/C28H32N2O5/c1-4-6-7-11-29-27-22-16-30-12-10-18-13-24-25(35-17-34-24)14-20(18)28(30)21(15-26(31)33-5-2)19(22)8-9-23(27)32-3/h8-9,13-14,16H,4-7,10-12,15,17H2,1-3H3/p+1. The van der Waals surface area contributed by atoms with Crippen LogP contribution in [-0.4, -0.2) is 33.0 Å². The molecular weight excluding hydrogens is 444 g/mol. The van der Waals surface area contributed by atoms with Crippen molar-refractivity contribution in [3.05, 3.63) is 41.6 Å². The van der Waals surface area contributed by atoms with Crippen LogP contribution in [0.1, 0.15) is 44.2 Å². The smallest absolute Gasteiger partial charge is 0.310 e. The summed E-state index contributed by atoms with van der Waals surface area (Å²) in [6.45, 7) is 6.30. The van der Waals surface area contributed by atoms with E-state index in [1.54, 1.807) is 7.11 Å². The van der Waals surface area contributed by atoms with Gasteiger partial charge in [-0.25, -0.2) is 0 Å². The predicted molar refractivity (Wildman–Crippen MR) is 134 cm³/mol. The van der Waals surface area contributed by atoms with E-state index in [0.717, 1.165) is 76.5 Å². The fourth-order valence-corrected chi connectivity index (χ4v) is 5.14. The molecule has 0 saturated carbocycles. The molecule has 1 N–H and O–H groups in total. The van der Waals surface area contributed by atoms with Crippen molar-refractivity contribution in [2.24, 2.45) is 0 Å². The third-order valence-corrected chi connectivity index (χ3v) is 6.79. The predicted octanol–water partition coefficient (Wildman–Crippen LogP) is 4.80. The van der Waals surface area contributed by atoms with Crippen LogP contribution in [0.4, 0.5) is 5.69 Å². The summed E-state index contributed by atoms with van der Waals surface area (Å²) in [6, 6.07) is 8.17. The summed E-state index contributed by atoms with van der Waals surface area (Å²) in [4.78, 5) is 12.8. The number of fused-ring (bicyclic) bond motifs is 5. The molecule has 184 valence electrons. The molecule has 0 radical (unpaired) electrons. The number of benzene rings is 2. The quantitative estimate of drug-likeness (QED) is 0.271. The molecule has 0 unspecified atom stereocenters. The Balaban J connectivity index is 1.71. The monoisotopic (exact) mass is 477 g/mol. The maximum atomic E-state index is 12.8. The number of methoxy groups -OCH3 is 1. The number of hydrogen-bond donors (Lipinski definition) is 1. The van der Waals surface area contributed by atoms with Crippen LogP contribution in [0.15, 0.2) is 30.5 Å². The number of nitrogens with one attached hydrogen (secondary N) is 1. The number of hydrogen-bond acceptors (Lipinski definition) is 6. The summed E-state index contributed by atoms with van der Waals surface area (Å²) in [7, 11) is 1.70. The van der Waals surface area contributed by atoms with Crippen LogP contribution in [-0.2, 0) is 28.9 Å². The normalized spacial score (nSPS) is 13.3. The number of aromatic nitrogens is 1. The van der Waals surface area contributed by atoms with Crippen LogP contribution >= 0.6 is 0 Å². The molecule has 0 atom stereocenters. The first kappa shape index (κ1) is 23.3. The molecule has 2 aromatic carbocycles. The lowest BCUT2D eigenvalue weighted by Gasteiger charge is -2.21. The first-order valence-electron chi connectivity index (χ1n) is 12.5. The van der Waals surface area contributed by atoms with Gasteiger partial charge in [-0.1, -0.05) is 19.8 Å². The van der Waals surface area contributed by atoms with Gasteiger partial charge in [-0.15, -0.1) is 0 Å². The van der Waals surface area contributed by atoms with Gasteiger partial charge in [-0.3, -0.25) is 4.79 Å². The molecule has 0 spiro atoms. The van der Waals surface area contributed by atoms with Gasteiger partial charge in [-0.2, -0.15) is 4.57 Å². The molecule has 0 amide bonds. The second-order valence-corrected chi connectivity index (χ2v) is 8.98. The molecule has 7 nitrogen and oxygen atoms in total. The zero-order valence-electron chi connectivity index (χ0n) is 20.7. The Hall–Kier alpha value is -3.48. The largest absolute Gasteiger partial charge is 0.495 e. The van der Waals surface area contributed by atoms with Crippen LogP contribution in [0.5, 0.6) is 17.2 Å². The third-order valence-electron chi connectivity index (χ3n) is 6.79. The van der Waals surface area contributed by atoms with Gasteiger partial charge in [-0.05, 0) is 43.2 Å². The van der Waals surface area contributed by atoms with Crippen molar-refractivity contribution >= 4 is 22.4 Å². The second kappa shape index (κ2) is 10.0. The van der Waals surface area contributed by atoms with Gasteiger partial charge in [0.1, 0.15) is 5.75 Å². The van der Waals surface area contributed by atoms with Gasteiger partial charge in [0.15, 0.2) is 24.2 Å². The summed E-state index contributed by atoms with van der Waals surface area (Å²) in [6.07, 6.45) is 6.68. The lowest BCUT2D eigenvalue weighted by Crippen LogP contribution is -2.41. The molecule has 5 rings (SSSR count). The minimum absolute atomic E-state index is 0.190. The molecule has 35 heavy (non-hydrogen) atoms. The summed E-state index contributed by atoms with van der Waals surface area (Å²) >= 11 is 0. The van der Waals surface area contributed by atoms with Crippen LogP contribution in [0, 0.1) is 0 Å². The number of pyridine rings is 1. The number of rotatable bonds is 9. The highest BCUT2D eigenvalue weighted by Crippen LogP contribution is 2.43. The Morgan fingerprint density at radius 1 is 1.11 bits per heavy atom. The zero-order chi connectivity index (χ0) is 24.4. The summed E-state index contributed by atoms with van der Waals surface area (Å²) in [5.41, 5.74) is 5.24. The summed E-state index contributed by atoms with van der Waals surface area (Å²) in [5.74, 6) is 2.10. The number of esters is 1. The Kier molecular flexibility index (Phi) is 6.66. The first-order chi connectivity index (χ1) is 17.1. The van der Waals surface area contributed by atoms with Gasteiger partial charge >= 0.3 is 5.97 Å². The molecule has 0 fully saturated rings. The van der Waals surface area contributed by atoms with E-state index in [2.05, 4.69) is 41.2 Å². The van der Waals surface area contributed by atoms with E-state index in [0.29, 0.717) is 6.61 Å². The molecule has 3 heterocycles. The zero-order valence-corrected chi connectivity index (χ0v) is 20.7. The Labute approximate surface area is 205 Å². The van der Waals surface area contributed by atoms with E-state index < -0.39 is 0 Å². The number of carbonyl (C=O) groups is 1. The van der Waals surface area contributed by atoms with Gasteiger partial charge in [0.05, 0.1) is 36.8 Å². The first-order valence-corrected chi connectivity index (χ1v) is 12.5. The van der Waals surface area contributed by atoms with E-state index >= 15 is 0 Å². The third kappa shape index (κ3) is 4.35. The average Bonchev–Trinajstić information content (AvgIpc) is 3.32. The Morgan fingerprint density at radius 3 is 2.71 bits per heavy atom. The maximum absolute atomic E-state index is 12.8. The number of aryl methyl sites for hydroxylation is 2. The van der Waals surface area contributed by atoms with Gasteiger partial charge in [0.2, 0.25) is 12.5 Å². The van der Waals surface area contributed by atoms with Gasteiger partial charge in [0, 0.05) is 23.9 Å². The van der Waals surface area contributed by atoms with Crippen LogP contribution in [0.25, 0.3) is 22.0 Å². The number of unbranched alkanes of at least 4 members (excludes halogenated alkanes) is 2. The number of ether oxygens (including phenoxy) is 4. The van der Waals surface area contributed by atoms with E-state index in [1.165, 1.54) is 18.4 Å². The molecule has 2 aliphatic rings. The molecule has 3 aromatic rings. The van der Waals surface area contributed by atoms with Crippen LogP contribution in [0.3, 0.4) is 0 Å². The highest BCUT2D eigenvalue weighted by Gasteiger charge is 2.33. The fourth-order valence-electron chi connectivity index (χ4n) is 5.14. The molecule has 0 aliphatic carbocycles. The lowest BCUT2D eigenvalue weighted by atomic mass is 9.89. The van der Waals surface area contributed by atoms with E-state index in [9.17, 15) is 4.79 Å². The van der Waals surface area contributed by atoms with Crippen molar-refractivity contribution in [1.29, 1.82) is 0 Å². The van der Waals surface area contributed by atoms with E-state index in [4.69, 9.17) is 18.9 Å². The molecule has 0 saturated heterocycles. The molecule has 1 aromatic heterocycles. The highest BCUT2D eigenvalue weighted by molar-refractivity contribution is 6.01. The number of nitrogens with zero attached hydrogens (tertiary/aromatic N) is 1. The molecular formula is C28H33N2O5+. The average molecular weight is 478 g/mol. The van der Waals surface area contributed by atoms with Crippen molar-refractivity contribution in [3.63, 3.8) is 0 Å². The van der Waals surface area contributed by atoms with Crippen molar-refractivity contribution in [3.8, 4) is 28.5 Å². The lowest BCUT2D eigenvalue weighted by molar-refractivity contribution is -0.686. The Bertz CT molecular complexity index is 1270. The summed E-state index contributed by atoms with van der Waals surface area (Å²) in [5, 5.41) is 5.69. The van der Waals surface area contributed by atoms with Crippen molar-refractivity contribution in [2.75, 3.05) is 32.4 Å². The molecule has 7 heteroatoms. The van der Waals surface area contributed by atoms with Gasteiger partial charge < -0.3 is 24.3 Å². The van der Waals surface area contributed by atoms with Crippen molar-refractivity contribution < 1.29 is 28.3 Å². The second-order valence-electron chi connectivity index (χ2n) is 8.98. The number of anilines is 1. The van der Waals surface area contributed by atoms with Gasteiger partial charge in [0.25, 0.3) is 0 Å². The Morgan fingerprint density at radius 2 is 1.94 bits per heavy atom. The molecule has 0 bridgehead atoms. The van der Waals surface area contributed by atoms with E-state index in [1.807, 2.05) is 13.0 Å². The maximum Gasteiger partial charge on any atom is 0.310 e. The summed E-state index contributed by atoms with van der Waals surface area (Å²) < 4.78 is 24.7.